The predicted molar refractivity (Wildman–Crippen MR) is 74.9 cm³/mol. The summed E-state index contributed by atoms with van der Waals surface area (Å²) in [4.78, 5) is 57.2. The normalized spacial score (nSPS) is 8.31. The number of hydrogen-bond acceptors (Lipinski definition) is 10. The van der Waals surface area contributed by atoms with Crippen LogP contribution in [0.3, 0.4) is 0 Å². The van der Waals surface area contributed by atoms with Gasteiger partial charge in [0.05, 0.1) is 12.8 Å². The van der Waals surface area contributed by atoms with Gasteiger partial charge in [-0.15, -0.1) is 0 Å². The van der Waals surface area contributed by atoms with Gasteiger partial charge in [-0.05, 0) is 20.8 Å². The molecule has 0 rings (SSSR count). The summed E-state index contributed by atoms with van der Waals surface area (Å²) in [5, 5.41) is 60.5. The van der Waals surface area contributed by atoms with Crippen molar-refractivity contribution in [1.82, 2.24) is 0 Å². The Morgan fingerprint density at radius 3 is 0.923 bits per heavy atom. The van der Waals surface area contributed by atoms with Crippen LogP contribution >= 0.6 is 0 Å². The Hall–Kier alpha value is -2.34. The van der Waals surface area contributed by atoms with E-state index in [-0.39, 0.29) is 26.2 Å². The number of aliphatic hydroxyl groups is 1. The van der Waals surface area contributed by atoms with Gasteiger partial charge in [0.25, 0.3) is 0 Å². The van der Waals surface area contributed by atoms with Crippen molar-refractivity contribution in [3.8, 4) is 0 Å². The van der Waals surface area contributed by atoms with Crippen LogP contribution in [0, 0.1) is 0 Å². The molecule has 0 aliphatic rings. The zero-order valence-corrected chi connectivity index (χ0v) is 17.3. The number of aliphatic carboxylic acids is 6. The Balaban J connectivity index is -0.0000000933. The third-order valence-corrected chi connectivity index (χ3v) is 1.29. The number of carboxylic acid groups (broad SMARTS) is 6. The molecule has 0 aromatic carbocycles. The van der Waals surface area contributed by atoms with Crippen LogP contribution in [0.5, 0.6) is 0 Å². The Labute approximate surface area is 166 Å². The van der Waals surface area contributed by atoms with Crippen molar-refractivity contribution < 1.29 is 64.5 Å². The Bertz CT molecular complexity index is 429. The van der Waals surface area contributed by atoms with Gasteiger partial charge in [0.1, 0.15) is 0 Å². The maximum absolute atomic E-state index is 10.3. The first-order valence-corrected chi connectivity index (χ1v) is 5.90. The van der Waals surface area contributed by atoms with E-state index >= 15 is 0 Å². The fourth-order valence-electron chi connectivity index (χ4n) is 0.714. The van der Waals surface area contributed by atoms with Gasteiger partial charge in [0.15, 0.2) is 5.60 Å². The van der Waals surface area contributed by atoms with Crippen molar-refractivity contribution in [3.63, 3.8) is 0 Å². The van der Waals surface area contributed by atoms with E-state index in [1.165, 1.54) is 0 Å². The van der Waals surface area contributed by atoms with Crippen LogP contribution in [0.25, 0.3) is 0 Å². The number of carboxylic acids is 6. The number of carbonyl (C=O) groups is 6. The van der Waals surface area contributed by atoms with Crippen molar-refractivity contribution >= 4 is 62.0 Å². The molecule has 0 spiro atoms. The van der Waals surface area contributed by atoms with E-state index < -0.39 is 54.3 Å². The molecule has 0 saturated carbocycles. The van der Waals surface area contributed by atoms with E-state index in [0.717, 1.165) is 20.8 Å². The summed E-state index contributed by atoms with van der Waals surface area (Å²) in [5.74, 6) is -8.27. The average Bonchev–Trinajstić information content (AvgIpc) is 2.22. The fraction of sp³-hybridized carbons (Fsp3) is 0.500. The number of rotatable bonds is 5. The molecule has 0 saturated heterocycles. The topological polar surface area (TPSA) is 253 Å². The van der Waals surface area contributed by atoms with Crippen LogP contribution < -0.4 is 15.3 Å². The largest absolute Gasteiger partial charge is 3.00 e. The molecule has 4 N–H and O–H groups in total. The minimum Gasteiger partial charge on any atom is -0.550 e. The molecule has 0 aromatic heterocycles. The molecule has 14 heteroatoms. The van der Waals surface area contributed by atoms with Crippen LogP contribution in [-0.2, 0) is 28.8 Å². The van der Waals surface area contributed by atoms with Crippen LogP contribution in [0.4, 0.5) is 0 Å². The summed E-state index contributed by atoms with van der Waals surface area (Å²) in [6.45, 7) is 2.92. The Morgan fingerprint density at radius 1 is 0.692 bits per heavy atom. The Kier molecular flexibility index (Phi) is 25.5. The standard InChI is InChI=1S/C6H8O7.3C2H4O2.Bi/c7-3(8)1-6(13,5(11)12)2-4(9)10;3*1-2(3)4;/h13H,1-2H2,(H,7,8)(H,9,10)(H,11,12);3*1H3,(H,3,4);/q;;;;+3/p-3. The number of carbonyl (C=O) groups excluding carboxylic acids is 3. The maximum Gasteiger partial charge on any atom is 3.00 e. The fourth-order valence-corrected chi connectivity index (χ4v) is 0.714. The number of hydrogen-bond donors (Lipinski definition) is 4. The molecule has 0 aliphatic carbocycles. The second-order valence-corrected chi connectivity index (χ2v) is 3.95. The SMILES string of the molecule is CC(=O)[O-].CC(=O)[O-].CC(=O)[O-].O=C(O)CC(O)(CC(=O)O)C(=O)O.[Bi+3]. The maximum atomic E-state index is 10.3. The van der Waals surface area contributed by atoms with Crippen LogP contribution in [0.15, 0.2) is 0 Å². The van der Waals surface area contributed by atoms with Gasteiger partial charge in [-0.3, -0.25) is 9.59 Å². The smallest absolute Gasteiger partial charge is 0.550 e. The van der Waals surface area contributed by atoms with Crippen molar-refractivity contribution in [2.75, 3.05) is 0 Å². The molecule has 0 amide bonds. The summed E-state index contributed by atoms with van der Waals surface area (Å²) in [7, 11) is 0. The molecule has 2 radical (unpaired) electrons. The minimum atomic E-state index is -2.74. The molecule has 13 nitrogen and oxygen atoms in total. The van der Waals surface area contributed by atoms with Crippen molar-refractivity contribution in [2.24, 2.45) is 0 Å². The predicted octanol–water partition coefficient (Wildman–Crippen LogP) is -5.36. The molecule has 0 fully saturated rings. The van der Waals surface area contributed by atoms with Gasteiger partial charge >= 0.3 is 44.1 Å². The van der Waals surface area contributed by atoms with Crippen molar-refractivity contribution in [2.45, 2.75) is 39.2 Å². The van der Waals surface area contributed by atoms with Gasteiger partial charge in [0, 0.05) is 17.9 Å². The van der Waals surface area contributed by atoms with Crippen LogP contribution in [-0.4, -0.2) is 88.0 Å². The summed E-state index contributed by atoms with van der Waals surface area (Å²) in [5.41, 5.74) is -2.74. The summed E-state index contributed by atoms with van der Waals surface area (Å²) >= 11 is 0. The van der Waals surface area contributed by atoms with E-state index in [4.69, 9.17) is 50.1 Å². The van der Waals surface area contributed by atoms with Gasteiger partial charge in [-0.2, -0.15) is 0 Å². The molecule has 0 unspecified atom stereocenters. The first-order chi connectivity index (χ1) is 11.0. The van der Waals surface area contributed by atoms with Crippen molar-refractivity contribution in [3.05, 3.63) is 0 Å². The molecule has 0 heterocycles. The minimum absolute atomic E-state index is 0. The van der Waals surface area contributed by atoms with Crippen LogP contribution in [0.1, 0.15) is 33.6 Å². The second-order valence-electron chi connectivity index (χ2n) is 3.95. The third-order valence-electron chi connectivity index (χ3n) is 1.29. The van der Waals surface area contributed by atoms with Gasteiger partial charge in [-0.25, -0.2) is 4.79 Å². The van der Waals surface area contributed by atoms with E-state index in [1.54, 1.807) is 0 Å². The first kappa shape index (κ1) is 34.9. The zero-order chi connectivity index (χ0) is 21.4. The third kappa shape index (κ3) is 49.5. The molecule has 0 atom stereocenters. The van der Waals surface area contributed by atoms with Gasteiger partial charge in [0.2, 0.25) is 0 Å². The molecular formula is C12H17BiO13. The zero-order valence-electron chi connectivity index (χ0n) is 13.8. The summed E-state index contributed by atoms with van der Waals surface area (Å²) in [6, 6.07) is 0. The average molecular weight is 578 g/mol. The van der Waals surface area contributed by atoms with E-state index in [2.05, 4.69) is 0 Å². The molecule has 26 heavy (non-hydrogen) atoms. The Morgan fingerprint density at radius 2 is 0.846 bits per heavy atom. The van der Waals surface area contributed by atoms with E-state index in [9.17, 15) is 14.4 Å². The summed E-state index contributed by atoms with van der Waals surface area (Å²) in [6.07, 6.45) is -2.29. The van der Waals surface area contributed by atoms with E-state index in [0.29, 0.717) is 0 Å². The quantitative estimate of drug-likeness (QED) is 0.223. The van der Waals surface area contributed by atoms with Gasteiger partial charge in [-0.1, -0.05) is 0 Å². The monoisotopic (exact) mass is 578 g/mol. The molecule has 0 bridgehead atoms. The molecule has 148 valence electrons. The van der Waals surface area contributed by atoms with E-state index in [1.807, 2.05) is 0 Å². The summed E-state index contributed by atoms with van der Waals surface area (Å²) < 4.78 is 0. The molecule has 0 aliphatic heterocycles. The second kappa shape index (κ2) is 19.0. The molecule has 0 aromatic rings. The van der Waals surface area contributed by atoms with Gasteiger partial charge < -0.3 is 50.1 Å². The molecular weight excluding hydrogens is 561 g/mol. The van der Waals surface area contributed by atoms with Crippen molar-refractivity contribution in [1.29, 1.82) is 0 Å². The first-order valence-electron chi connectivity index (χ1n) is 5.90. The van der Waals surface area contributed by atoms with Crippen LogP contribution in [0.2, 0.25) is 0 Å².